The molecule has 76 valence electrons. The van der Waals surface area contributed by atoms with Gasteiger partial charge in [-0.25, -0.2) is 4.79 Å². The number of nitrogens with zero attached hydrogens (tertiary/aromatic N) is 1. The molecule has 0 aromatic carbocycles. The van der Waals surface area contributed by atoms with Gasteiger partial charge in [-0.1, -0.05) is 6.08 Å². The lowest BCUT2D eigenvalue weighted by Crippen LogP contribution is -2.20. The van der Waals surface area contributed by atoms with Crippen molar-refractivity contribution < 1.29 is 4.74 Å². The molecule has 0 saturated heterocycles. The van der Waals surface area contributed by atoms with E-state index in [4.69, 9.17) is 4.74 Å². The minimum absolute atomic E-state index is 0.381. The number of hydrogen-bond donors (Lipinski definition) is 2. The average molecular weight is 203 g/mol. The van der Waals surface area contributed by atoms with Gasteiger partial charge in [0.1, 0.15) is 5.76 Å². The Morgan fingerprint density at radius 1 is 1.47 bits per heavy atom. The Labute approximate surface area is 85.5 Å². The van der Waals surface area contributed by atoms with Crippen molar-refractivity contribution in [2.24, 2.45) is 0 Å². The van der Waals surface area contributed by atoms with Crippen molar-refractivity contribution in [1.82, 2.24) is 9.97 Å². The van der Waals surface area contributed by atoms with Crippen molar-refractivity contribution in [3.63, 3.8) is 0 Å². The molecule has 2 N–H and O–H groups in total. The van der Waals surface area contributed by atoms with E-state index in [2.05, 4.69) is 21.4 Å². The van der Waals surface area contributed by atoms with Gasteiger partial charge in [-0.3, -0.25) is 4.98 Å². The zero-order chi connectivity index (χ0) is 10.3. The van der Waals surface area contributed by atoms with Crippen molar-refractivity contribution in [3.8, 4) is 5.75 Å². The second-order valence-corrected chi connectivity index (χ2v) is 3.43. The molecule has 0 atom stereocenters. The predicted molar refractivity (Wildman–Crippen MR) is 54.5 cm³/mol. The summed E-state index contributed by atoms with van der Waals surface area (Å²) in [6, 6.07) is 0. The summed E-state index contributed by atoms with van der Waals surface area (Å²) in [6.45, 7) is 0. The first-order chi connectivity index (χ1) is 7.33. The number of aromatic nitrogens is 2. The van der Waals surface area contributed by atoms with Crippen LogP contribution < -0.4 is 15.7 Å². The van der Waals surface area contributed by atoms with Gasteiger partial charge in [0.05, 0.1) is 11.9 Å². The van der Waals surface area contributed by atoms with Crippen molar-refractivity contribution in [3.05, 3.63) is 40.3 Å². The summed E-state index contributed by atoms with van der Waals surface area (Å²) in [7, 11) is 0. The molecule has 3 rings (SSSR count). The van der Waals surface area contributed by atoms with Gasteiger partial charge in [-0.15, -0.1) is 0 Å². The van der Waals surface area contributed by atoms with Gasteiger partial charge < -0.3 is 10.1 Å². The Morgan fingerprint density at radius 2 is 2.40 bits per heavy atom. The Bertz CT molecular complexity index is 528. The summed E-state index contributed by atoms with van der Waals surface area (Å²) in [5.41, 5.74) is 0.532. The second-order valence-electron chi connectivity index (χ2n) is 3.43. The lowest BCUT2D eigenvalue weighted by Gasteiger charge is -2.24. The third kappa shape index (κ3) is 1.32. The van der Waals surface area contributed by atoms with Gasteiger partial charge >= 0.3 is 5.69 Å². The number of hydrogen-bond acceptors (Lipinski definition) is 4. The molecule has 1 aromatic heterocycles. The molecule has 1 aliphatic heterocycles. The van der Waals surface area contributed by atoms with E-state index in [0.29, 0.717) is 11.6 Å². The van der Waals surface area contributed by atoms with Crippen LogP contribution in [0.2, 0.25) is 0 Å². The van der Waals surface area contributed by atoms with Gasteiger partial charge in [0.25, 0.3) is 0 Å². The lowest BCUT2D eigenvalue weighted by atomic mass is 10.1. The number of anilines is 1. The highest BCUT2D eigenvalue weighted by molar-refractivity contribution is 5.58. The fourth-order valence-electron chi connectivity index (χ4n) is 1.68. The third-order valence-electron chi connectivity index (χ3n) is 2.39. The first kappa shape index (κ1) is 8.28. The Balaban J connectivity index is 2.07. The summed E-state index contributed by atoms with van der Waals surface area (Å²) < 4.78 is 5.62. The summed E-state index contributed by atoms with van der Waals surface area (Å²) in [5.74, 6) is 2.04. The molecule has 0 saturated carbocycles. The van der Waals surface area contributed by atoms with Gasteiger partial charge in [0.2, 0.25) is 0 Å². The number of H-pyrrole nitrogens is 1. The highest BCUT2D eigenvalue weighted by atomic mass is 16.5. The van der Waals surface area contributed by atoms with E-state index < -0.39 is 0 Å². The number of ether oxygens (including phenoxy) is 1. The minimum atomic E-state index is -0.381. The Morgan fingerprint density at radius 3 is 3.33 bits per heavy atom. The quantitative estimate of drug-likeness (QED) is 0.663. The number of aromatic amines is 1. The molecule has 1 aromatic rings. The van der Waals surface area contributed by atoms with Gasteiger partial charge in [-0.05, 0) is 12.5 Å². The summed E-state index contributed by atoms with van der Waals surface area (Å²) in [4.78, 5) is 17.2. The maximum absolute atomic E-state index is 11.0. The van der Waals surface area contributed by atoms with Crippen LogP contribution in [0.1, 0.15) is 12.8 Å². The molecular weight excluding hydrogens is 194 g/mol. The standard InChI is InChI=1S/C10H9N3O2/c14-10-11-5-8-9(13-10)12-6-3-1-2-4-7(6)15-8/h1,3,5H,2,4H2,(H2,11,12,13,14). The van der Waals surface area contributed by atoms with Crippen molar-refractivity contribution in [1.29, 1.82) is 0 Å². The number of allylic oxidation sites excluding steroid dienone is 3. The molecule has 15 heavy (non-hydrogen) atoms. The first-order valence-corrected chi connectivity index (χ1v) is 4.77. The molecule has 5 heteroatoms. The zero-order valence-electron chi connectivity index (χ0n) is 7.91. The molecule has 5 nitrogen and oxygen atoms in total. The van der Waals surface area contributed by atoms with Crippen molar-refractivity contribution >= 4 is 5.82 Å². The number of fused-ring (bicyclic) bond motifs is 1. The highest BCUT2D eigenvalue weighted by Crippen LogP contribution is 2.32. The fraction of sp³-hybridized carbons (Fsp3) is 0.200. The first-order valence-electron chi connectivity index (χ1n) is 4.77. The minimum Gasteiger partial charge on any atom is -0.454 e. The van der Waals surface area contributed by atoms with E-state index >= 15 is 0 Å². The molecule has 2 heterocycles. The van der Waals surface area contributed by atoms with Crippen LogP contribution >= 0.6 is 0 Å². The number of rotatable bonds is 0. The van der Waals surface area contributed by atoms with Crippen molar-refractivity contribution in [2.45, 2.75) is 12.8 Å². The van der Waals surface area contributed by atoms with Crippen LogP contribution in [0.3, 0.4) is 0 Å². The van der Waals surface area contributed by atoms with Crippen LogP contribution in [-0.4, -0.2) is 9.97 Å². The summed E-state index contributed by atoms with van der Waals surface area (Å²) in [5, 5.41) is 3.11. The third-order valence-corrected chi connectivity index (χ3v) is 2.39. The average Bonchev–Trinajstić information content (AvgIpc) is 2.26. The van der Waals surface area contributed by atoms with Gasteiger partial charge in [-0.2, -0.15) is 4.98 Å². The van der Waals surface area contributed by atoms with E-state index in [9.17, 15) is 4.79 Å². The Hall–Kier alpha value is -2.04. The van der Waals surface area contributed by atoms with Crippen LogP contribution in [0.4, 0.5) is 5.82 Å². The summed E-state index contributed by atoms with van der Waals surface area (Å²) in [6.07, 6.45) is 7.31. The molecule has 2 aliphatic rings. The van der Waals surface area contributed by atoms with E-state index in [1.165, 1.54) is 6.20 Å². The van der Waals surface area contributed by atoms with Gasteiger partial charge in [0, 0.05) is 6.42 Å². The monoisotopic (exact) mass is 203 g/mol. The Kier molecular flexibility index (Phi) is 1.65. The molecule has 0 spiro atoms. The second kappa shape index (κ2) is 2.98. The highest BCUT2D eigenvalue weighted by Gasteiger charge is 2.20. The van der Waals surface area contributed by atoms with E-state index in [-0.39, 0.29) is 5.69 Å². The molecular formula is C10H9N3O2. The topological polar surface area (TPSA) is 67.0 Å². The maximum atomic E-state index is 11.0. The van der Waals surface area contributed by atoms with Crippen LogP contribution in [0.25, 0.3) is 0 Å². The van der Waals surface area contributed by atoms with E-state index in [0.717, 1.165) is 24.3 Å². The molecule has 0 radical (unpaired) electrons. The van der Waals surface area contributed by atoms with Crippen LogP contribution in [0.15, 0.2) is 34.6 Å². The zero-order valence-corrected chi connectivity index (χ0v) is 7.91. The molecule has 1 aliphatic carbocycles. The fourth-order valence-corrected chi connectivity index (χ4v) is 1.68. The largest absolute Gasteiger partial charge is 0.454 e. The van der Waals surface area contributed by atoms with E-state index in [1.54, 1.807) is 0 Å². The normalized spacial score (nSPS) is 17.6. The molecule has 0 unspecified atom stereocenters. The van der Waals surface area contributed by atoms with Crippen LogP contribution in [0, 0.1) is 0 Å². The number of nitrogens with one attached hydrogen (secondary N) is 2. The maximum Gasteiger partial charge on any atom is 0.346 e. The summed E-state index contributed by atoms with van der Waals surface area (Å²) >= 11 is 0. The molecule has 0 fully saturated rings. The predicted octanol–water partition coefficient (Wildman–Crippen LogP) is 1.14. The molecule has 0 bridgehead atoms. The van der Waals surface area contributed by atoms with Crippen LogP contribution in [-0.2, 0) is 0 Å². The lowest BCUT2D eigenvalue weighted by molar-refractivity contribution is 0.389. The van der Waals surface area contributed by atoms with Gasteiger partial charge in [0.15, 0.2) is 11.6 Å². The van der Waals surface area contributed by atoms with E-state index in [1.807, 2.05) is 6.08 Å². The smallest absolute Gasteiger partial charge is 0.346 e. The SMILES string of the molecule is O=c1ncc2c([nH]1)NC1=C(CCC=C1)O2. The van der Waals surface area contributed by atoms with Crippen LogP contribution in [0.5, 0.6) is 5.75 Å². The molecule has 0 amide bonds. The van der Waals surface area contributed by atoms with Crippen molar-refractivity contribution in [2.75, 3.05) is 5.32 Å².